The van der Waals surface area contributed by atoms with E-state index >= 15 is 0 Å². The van der Waals surface area contributed by atoms with Crippen molar-refractivity contribution in [2.45, 2.75) is 30.4 Å². The van der Waals surface area contributed by atoms with Crippen molar-refractivity contribution >= 4 is 15.8 Å². The van der Waals surface area contributed by atoms with Crippen molar-refractivity contribution in [3.63, 3.8) is 0 Å². The summed E-state index contributed by atoms with van der Waals surface area (Å²) in [7, 11) is -0.980. The predicted molar refractivity (Wildman–Crippen MR) is 73.4 cm³/mol. The summed E-state index contributed by atoms with van der Waals surface area (Å²) < 4.78 is 34.6. The molecule has 20 heavy (non-hydrogen) atoms. The molecule has 7 heteroatoms. The van der Waals surface area contributed by atoms with Gasteiger partial charge < -0.3 is 14.6 Å². The smallest absolute Gasteiger partial charge is 0.339 e. The maximum absolute atomic E-state index is 12.3. The second kappa shape index (κ2) is 6.13. The molecule has 0 spiro atoms. The second-order valence-electron chi connectivity index (χ2n) is 4.28. The van der Waals surface area contributed by atoms with Crippen LogP contribution in [-0.4, -0.2) is 39.0 Å². The Labute approximate surface area is 118 Å². The predicted octanol–water partition coefficient (Wildman–Crippen LogP) is 1.97. The van der Waals surface area contributed by atoms with Gasteiger partial charge in [0.1, 0.15) is 5.56 Å². The van der Waals surface area contributed by atoms with Crippen molar-refractivity contribution in [1.29, 1.82) is 0 Å². The average Bonchev–Trinajstić information content (AvgIpc) is 2.44. The highest BCUT2D eigenvalue weighted by atomic mass is 32.2. The first-order valence-electron chi connectivity index (χ1n) is 6.02. The largest absolute Gasteiger partial charge is 0.493 e. The molecule has 6 nitrogen and oxygen atoms in total. The summed E-state index contributed by atoms with van der Waals surface area (Å²) in [4.78, 5) is 11.2. The molecule has 1 unspecified atom stereocenters. The Bertz CT molecular complexity index is 606. The van der Waals surface area contributed by atoms with Gasteiger partial charge in [-0.1, -0.05) is 6.92 Å². The van der Waals surface area contributed by atoms with Crippen molar-refractivity contribution in [3.05, 3.63) is 17.7 Å². The van der Waals surface area contributed by atoms with E-state index in [-0.39, 0.29) is 22.0 Å². The lowest BCUT2D eigenvalue weighted by atomic mass is 10.2. The standard InChI is InChI=1S/C13H18O6S/c1-5-8(2)20(16,17)9-6-10(13(14)15)12(19-4)11(7-9)18-3/h6-8H,5H2,1-4H3,(H,14,15). The lowest BCUT2D eigenvalue weighted by Crippen LogP contribution is -2.18. The first-order valence-corrected chi connectivity index (χ1v) is 7.57. The molecule has 0 aromatic heterocycles. The zero-order chi connectivity index (χ0) is 15.5. The van der Waals surface area contributed by atoms with E-state index < -0.39 is 21.1 Å². The molecule has 1 aromatic rings. The Morgan fingerprint density at radius 2 is 1.90 bits per heavy atom. The first-order chi connectivity index (χ1) is 9.29. The third-order valence-corrected chi connectivity index (χ3v) is 5.40. The summed E-state index contributed by atoms with van der Waals surface area (Å²) in [6, 6.07) is 2.39. The minimum atomic E-state index is -3.60. The van der Waals surface area contributed by atoms with Gasteiger partial charge in [-0.25, -0.2) is 13.2 Å². The fraction of sp³-hybridized carbons (Fsp3) is 0.462. The van der Waals surface area contributed by atoms with Gasteiger partial charge in [0.05, 0.1) is 24.4 Å². The Morgan fingerprint density at radius 1 is 1.30 bits per heavy atom. The van der Waals surface area contributed by atoms with Gasteiger partial charge in [0.2, 0.25) is 0 Å². The molecular formula is C13H18O6S. The van der Waals surface area contributed by atoms with E-state index in [1.807, 2.05) is 0 Å². The van der Waals surface area contributed by atoms with Crippen LogP contribution in [0.15, 0.2) is 17.0 Å². The van der Waals surface area contributed by atoms with E-state index in [0.717, 1.165) is 6.07 Å². The number of rotatable bonds is 6. The number of aromatic carboxylic acids is 1. The monoisotopic (exact) mass is 302 g/mol. The van der Waals surface area contributed by atoms with Crippen LogP contribution in [-0.2, 0) is 9.84 Å². The van der Waals surface area contributed by atoms with Gasteiger partial charge >= 0.3 is 5.97 Å². The van der Waals surface area contributed by atoms with Gasteiger partial charge in [-0.3, -0.25) is 0 Å². The number of methoxy groups -OCH3 is 2. The summed E-state index contributed by atoms with van der Waals surface area (Å²) >= 11 is 0. The second-order valence-corrected chi connectivity index (χ2v) is 6.64. The van der Waals surface area contributed by atoms with E-state index in [4.69, 9.17) is 9.47 Å². The number of hydrogen-bond donors (Lipinski definition) is 1. The van der Waals surface area contributed by atoms with Crippen molar-refractivity contribution in [1.82, 2.24) is 0 Å². The van der Waals surface area contributed by atoms with Crippen LogP contribution in [0.25, 0.3) is 0 Å². The van der Waals surface area contributed by atoms with E-state index in [1.54, 1.807) is 13.8 Å². The van der Waals surface area contributed by atoms with Gasteiger partial charge in [0.25, 0.3) is 0 Å². The fourth-order valence-corrected chi connectivity index (χ4v) is 3.17. The number of hydrogen-bond acceptors (Lipinski definition) is 5. The van der Waals surface area contributed by atoms with Gasteiger partial charge in [0.15, 0.2) is 21.3 Å². The van der Waals surface area contributed by atoms with Crippen LogP contribution in [0.1, 0.15) is 30.6 Å². The lowest BCUT2D eigenvalue weighted by molar-refractivity contribution is 0.0692. The minimum absolute atomic E-state index is 0.00287. The summed E-state index contributed by atoms with van der Waals surface area (Å²) in [5, 5.41) is 8.56. The number of benzene rings is 1. The third kappa shape index (κ3) is 2.87. The Morgan fingerprint density at radius 3 is 2.30 bits per heavy atom. The SMILES string of the molecule is CCC(C)S(=O)(=O)c1cc(OC)c(OC)c(C(=O)O)c1. The van der Waals surface area contributed by atoms with Gasteiger partial charge in [0, 0.05) is 6.07 Å². The number of carboxylic acid groups (broad SMARTS) is 1. The maximum Gasteiger partial charge on any atom is 0.339 e. The van der Waals surface area contributed by atoms with Crippen LogP contribution in [0, 0.1) is 0 Å². The maximum atomic E-state index is 12.3. The molecule has 0 bridgehead atoms. The molecule has 0 aliphatic heterocycles. The molecule has 0 aliphatic carbocycles. The van der Waals surface area contributed by atoms with E-state index in [0.29, 0.717) is 6.42 Å². The van der Waals surface area contributed by atoms with Crippen LogP contribution in [0.4, 0.5) is 0 Å². The molecule has 0 saturated heterocycles. The van der Waals surface area contributed by atoms with Crippen LogP contribution in [0.5, 0.6) is 11.5 Å². The van der Waals surface area contributed by atoms with Crippen LogP contribution in [0.3, 0.4) is 0 Å². The summed E-state index contributed by atoms with van der Waals surface area (Å²) in [6.07, 6.45) is 0.430. The molecule has 0 saturated carbocycles. The zero-order valence-corrected chi connectivity index (χ0v) is 12.7. The summed E-state index contributed by atoms with van der Waals surface area (Å²) in [6.45, 7) is 3.33. The molecule has 0 amide bonds. The molecule has 1 aromatic carbocycles. The van der Waals surface area contributed by atoms with Crippen molar-refractivity contribution < 1.29 is 27.8 Å². The Kier molecular flexibility index (Phi) is 4.99. The highest BCUT2D eigenvalue weighted by Crippen LogP contribution is 2.35. The number of ether oxygens (including phenoxy) is 2. The number of carbonyl (C=O) groups is 1. The normalized spacial score (nSPS) is 12.8. The molecule has 0 radical (unpaired) electrons. The fourth-order valence-electron chi connectivity index (χ4n) is 1.71. The van der Waals surface area contributed by atoms with E-state index in [1.165, 1.54) is 20.3 Å². The van der Waals surface area contributed by atoms with Crippen LogP contribution >= 0.6 is 0 Å². The molecular weight excluding hydrogens is 284 g/mol. The van der Waals surface area contributed by atoms with Crippen molar-refractivity contribution in [2.24, 2.45) is 0 Å². The van der Waals surface area contributed by atoms with E-state index in [2.05, 4.69) is 0 Å². The average molecular weight is 302 g/mol. The molecule has 0 heterocycles. The van der Waals surface area contributed by atoms with Crippen LogP contribution < -0.4 is 9.47 Å². The quantitative estimate of drug-likeness (QED) is 0.864. The van der Waals surface area contributed by atoms with E-state index in [9.17, 15) is 18.3 Å². The molecule has 0 fully saturated rings. The molecule has 1 atom stereocenters. The number of carboxylic acids is 1. The molecule has 112 valence electrons. The van der Waals surface area contributed by atoms with Crippen molar-refractivity contribution in [3.8, 4) is 11.5 Å². The molecule has 0 aliphatic rings. The van der Waals surface area contributed by atoms with Crippen molar-refractivity contribution in [2.75, 3.05) is 14.2 Å². The summed E-state index contributed by atoms with van der Waals surface area (Å²) in [5.41, 5.74) is -0.242. The zero-order valence-electron chi connectivity index (χ0n) is 11.8. The van der Waals surface area contributed by atoms with Gasteiger partial charge in [-0.2, -0.15) is 0 Å². The Hall–Kier alpha value is -1.76. The topological polar surface area (TPSA) is 89.9 Å². The number of sulfone groups is 1. The Balaban J connectivity index is 3.60. The molecule has 1 rings (SSSR count). The van der Waals surface area contributed by atoms with Gasteiger partial charge in [-0.05, 0) is 19.4 Å². The third-order valence-electron chi connectivity index (χ3n) is 3.12. The highest BCUT2D eigenvalue weighted by Gasteiger charge is 2.27. The molecule has 1 N–H and O–H groups in total. The van der Waals surface area contributed by atoms with Gasteiger partial charge in [-0.15, -0.1) is 0 Å². The highest BCUT2D eigenvalue weighted by molar-refractivity contribution is 7.92. The summed E-state index contributed by atoms with van der Waals surface area (Å²) in [5.74, 6) is -1.20. The lowest BCUT2D eigenvalue weighted by Gasteiger charge is -2.15. The minimum Gasteiger partial charge on any atom is -0.493 e. The first kappa shape index (κ1) is 16.3. The van der Waals surface area contributed by atoms with Crippen LogP contribution in [0.2, 0.25) is 0 Å².